The maximum absolute atomic E-state index is 4.00. The smallest absolute Gasteiger partial charge is 0.190 e. The number of guanidine groups is 1. The van der Waals surface area contributed by atoms with Crippen LogP contribution >= 0.6 is 0 Å². The average Bonchev–Trinajstić information content (AvgIpc) is 2.59. The van der Waals surface area contributed by atoms with Crippen LogP contribution in [0.25, 0.3) is 0 Å². The Morgan fingerprint density at radius 3 is 2.93 bits per heavy atom. The minimum absolute atomic E-state index is 0.788. The topological polar surface area (TPSA) is 67.1 Å². The van der Waals surface area contributed by atoms with Gasteiger partial charge in [-0.15, -0.1) is 10.2 Å². The molecule has 1 rings (SSSR count). The van der Waals surface area contributed by atoms with E-state index in [0.717, 1.165) is 24.9 Å². The largest absolute Gasteiger partial charge is 0.359 e. The number of aromatic nitrogens is 3. The van der Waals surface area contributed by atoms with Crippen molar-refractivity contribution in [3.05, 3.63) is 12.2 Å². The first-order valence-corrected chi connectivity index (χ1v) is 4.50. The van der Waals surface area contributed by atoms with Gasteiger partial charge in [-0.05, 0) is 6.92 Å². The Morgan fingerprint density at radius 2 is 2.43 bits per heavy atom. The van der Waals surface area contributed by atoms with Crippen molar-refractivity contribution in [1.29, 1.82) is 0 Å². The third-order valence-corrected chi connectivity index (χ3v) is 1.91. The molecule has 0 aliphatic heterocycles. The molecule has 0 saturated carbocycles. The number of aryl methyl sites for hydroxylation is 1. The molecule has 6 heteroatoms. The maximum atomic E-state index is 4.00. The summed E-state index contributed by atoms with van der Waals surface area (Å²) in [5.74, 6) is 1.71. The van der Waals surface area contributed by atoms with Crippen molar-refractivity contribution in [1.82, 2.24) is 25.4 Å². The van der Waals surface area contributed by atoms with Gasteiger partial charge in [-0.1, -0.05) is 0 Å². The van der Waals surface area contributed by atoms with Crippen LogP contribution in [0.3, 0.4) is 0 Å². The van der Waals surface area contributed by atoms with E-state index in [1.54, 1.807) is 13.4 Å². The summed E-state index contributed by atoms with van der Waals surface area (Å²) in [5.41, 5.74) is 0. The van der Waals surface area contributed by atoms with E-state index in [4.69, 9.17) is 0 Å². The summed E-state index contributed by atoms with van der Waals surface area (Å²) in [6, 6.07) is 0. The quantitative estimate of drug-likeness (QED) is 0.499. The van der Waals surface area contributed by atoms with E-state index in [0.29, 0.717) is 0 Å². The average molecular weight is 196 g/mol. The van der Waals surface area contributed by atoms with Crippen molar-refractivity contribution in [2.75, 3.05) is 20.6 Å². The highest BCUT2D eigenvalue weighted by molar-refractivity contribution is 5.79. The molecule has 2 N–H and O–H groups in total. The molecule has 0 fully saturated rings. The molecule has 0 saturated heterocycles. The Labute approximate surface area is 83.4 Å². The van der Waals surface area contributed by atoms with Crippen LogP contribution in [0.5, 0.6) is 0 Å². The Bertz CT molecular complexity index is 303. The molecular weight excluding hydrogens is 180 g/mol. The molecule has 0 radical (unpaired) electrons. The lowest BCUT2D eigenvalue weighted by atomic mass is 10.5. The van der Waals surface area contributed by atoms with Crippen molar-refractivity contribution in [3.63, 3.8) is 0 Å². The summed E-state index contributed by atoms with van der Waals surface area (Å²) >= 11 is 0. The van der Waals surface area contributed by atoms with Gasteiger partial charge in [-0.3, -0.25) is 4.99 Å². The molecule has 0 atom stereocenters. The van der Waals surface area contributed by atoms with Crippen LogP contribution < -0.4 is 10.6 Å². The second-order valence-corrected chi connectivity index (χ2v) is 2.82. The number of nitrogens with zero attached hydrogens (tertiary/aromatic N) is 4. The molecule has 0 bridgehead atoms. The predicted molar refractivity (Wildman–Crippen MR) is 55.2 cm³/mol. The van der Waals surface area contributed by atoms with Crippen molar-refractivity contribution >= 4 is 5.96 Å². The van der Waals surface area contributed by atoms with E-state index in [1.165, 1.54) is 0 Å². The lowest BCUT2D eigenvalue weighted by molar-refractivity contribution is 0.648. The second-order valence-electron chi connectivity index (χ2n) is 2.82. The van der Waals surface area contributed by atoms with E-state index in [9.17, 15) is 0 Å². The van der Waals surface area contributed by atoms with Gasteiger partial charge in [0.15, 0.2) is 5.96 Å². The fourth-order valence-corrected chi connectivity index (χ4v) is 1.11. The number of rotatable bonds is 3. The molecule has 0 spiro atoms. The van der Waals surface area contributed by atoms with Gasteiger partial charge < -0.3 is 15.2 Å². The highest BCUT2D eigenvalue weighted by Crippen LogP contribution is 1.89. The third-order valence-electron chi connectivity index (χ3n) is 1.91. The lowest BCUT2D eigenvalue weighted by Crippen LogP contribution is -2.36. The Hall–Kier alpha value is -1.59. The summed E-state index contributed by atoms with van der Waals surface area (Å²) < 4.78 is 1.98. The molecule has 1 heterocycles. The molecule has 0 unspecified atom stereocenters. The third kappa shape index (κ3) is 2.72. The van der Waals surface area contributed by atoms with E-state index in [2.05, 4.69) is 25.8 Å². The fourth-order valence-electron chi connectivity index (χ4n) is 1.11. The zero-order chi connectivity index (χ0) is 10.4. The Morgan fingerprint density at radius 1 is 1.64 bits per heavy atom. The molecule has 0 aromatic carbocycles. The molecule has 0 aliphatic rings. The molecule has 14 heavy (non-hydrogen) atoms. The molecule has 1 aromatic rings. The van der Waals surface area contributed by atoms with Crippen LogP contribution in [-0.2, 0) is 6.54 Å². The van der Waals surface area contributed by atoms with Gasteiger partial charge in [0, 0.05) is 27.2 Å². The zero-order valence-electron chi connectivity index (χ0n) is 8.78. The zero-order valence-corrected chi connectivity index (χ0v) is 8.78. The van der Waals surface area contributed by atoms with Crippen LogP contribution in [0.4, 0.5) is 0 Å². The molecule has 0 amide bonds. The van der Waals surface area contributed by atoms with E-state index in [1.807, 2.05) is 18.5 Å². The molecule has 6 nitrogen and oxygen atoms in total. The summed E-state index contributed by atoms with van der Waals surface area (Å²) in [4.78, 5) is 4.00. The summed E-state index contributed by atoms with van der Waals surface area (Å²) in [5, 5.41) is 13.8. The van der Waals surface area contributed by atoms with Crippen molar-refractivity contribution in [2.45, 2.75) is 13.5 Å². The van der Waals surface area contributed by atoms with Gasteiger partial charge in [-0.25, -0.2) is 0 Å². The van der Waals surface area contributed by atoms with Gasteiger partial charge in [0.1, 0.15) is 12.2 Å². The number of hydrogen-bond donors (Lipinski definition) is 2. The first kappa shape index (κ1) is 10.5. The molecule has 78 valence electrons. The van der Waals surface area contributed by atoms with E-state index in [-0.39, 0.29) is 0 Å². The van der Waals surface area contributed by atoms with Crippen molar-refractivity contribution < 1.29 is 0 Å². The van der Waals surface area contributed by atoms with Crippen molar-refractivity contribution in [2.24, 2.45) is 4.99 Å². The monoisotopic (exact) mass is 196 g/mol. The first-order valence-electron chi connectivity index (χ1n) is 4.50. The Kier molecular flexibility index (Phi) is 3.90. The standard InChI is InChI=1S/C8H16N6/c1-7-13-12-6-14(7)5-4-11-8(9-2)10-3/h6H,4-5H2,1-3H3,(H2,9,10,11). The van der Waals surface area contributed by atoms with Gasteiger partial charge in [0.05, 0.1) is 0 Å². The van der Waals surface area contributed by atoms with Crippen LogP contribution in [0, 0.1) is 6.92 Å². The van der Waals surface area contributed by atoms with Gasteiger partial charge in [-0.2, -0.15) is 0 Å². The summed E-state index contributed by atoms with van der Waals surface area (Å²) in [7, 11) is 3.57. The summed E-state index contributed by atoms with van der Waals surface area (Å²) in [6.07, 6.45) is 1.72. The van der Waals surface area contributed by atoms with Gasteiger partial charge >= 0.3 is 0 Å². The number of hydrogen-bond acceptors (Lipinski definition) is 3. The van der Waals surface area contributed by atoms with Gasteiger partial charge in [0.25, 0.3) is 0 Å². The van der Waals surface area contributed by atoms with Crippen LogP contribution in [0.1, 0.15) is 5.82 Å². The minimum atomic E-state index is 0.788. The van der Waals surface area contributed by atoms with Crippen molar-refractivity contribution in [3.8, 4) is 0 Å². The summed E-state index contributed by atoms with van der Waals surface area (Å²) in [6.45, 7) is 3.56. The number of aliphatic imine (C=N–C) groups is 1. The lowest BCUT2D eigenvalue weighted by Gasteiger charge is -2.08. The normalized spacial score (nSPS) is 11.5. The molecule has 1 aromatic heterocycles. The van der Waals surface area contributed by atoms with Crippen LogP contribution in [-0.4, -0.2) is 41.4 Å². The minimum Gasteiger partial charge on any atom is -0.359 e. The first-order chi connectivity index (χ1) is 6.77. The molecular formula is C8H16N6. The maximum Gasteiger partial charge on any atom is 0.190 e. The van der Waals surface area contributed by atoms with E-state index >= 15 is 0 Å². The Balaban J connectivity index is 2.32. The highest BCUT2D eigenvalue weighted by Gasteiger charge is 1.97. The van der Waals surface area contributed by atoms with Crippen LogP contribution in [0.15, 0.2) is 11.3 Å². The SMILES string of the molecule is CN=C(NC)NCCn1cnnc1C. The molecule has 0 aliphatic carbocycles. The number of nitrogens with one attached hydrogen (secondary N) is 2. The second kappa shape index (κ2) is 5.21. The predicted octanol–water partition coefficient (Wildman–Crippen LogP) is -0.619. The van der Waals surface area contributed by atoms with Crippen LogP contribution in [0.2, 0.25) is 0 Å². The fraction of sp³-hybridized carbons (Fsp3) is 0.625. The van der Waals surface area contributed by atoms with E-state index < -0.39 is 0 Å². The highest BCUT2D eigenvalue weighted by atomic mass is 15.3. The van der Waals surface area contributed by atoms with Gasteiger partial charge in [0.2, 0.25) is 0 Å².